The zero-order valence-corrected chi connectivity index (χ0v) is 10.9. The quantitative estimate of drug-likeness (QED) is 0.847. The van der Waals surface area contributed by atoms with Crippen LogP contribution in [-0.2, 0) is 6.18 Å². The highest BCUT2D eigenvalue weighted by atomic mass is 32.1. The minimum absolute atomic E-state index is 0.0525. The molecule has 102 valence electrons. The highest BCUT2D eigenvalue weighted by molar-refractivity contribution is 7.11. The molecule has 0 aliphatic rings. The Hall–Kier alpha value is -2.26. The molecule has 0 saturated carbocycles. The van der Waals surface area contributed by atoms with E-state index >= 15 is 0 Å². The number of nitrogens with zero attached hydrogens (tertiary/aromatic N) is 1. The predicted octanol–water partition coefficient (Wildman–Crippen LogP) is 4.12. The van der Waals surface area contributed by atoms with Gasteiger partial charge in [-0.25, -0.2) is 0 Å². The molecular weight excluding hydrogens is 285 g/mol. The van der Waals surface area contributed by atoms with Crippen molar-refractivity contribution in [3.05, 3.63) is 57.8 Å². The van der Waals surface area contributed by atoms with E-state index in [1.165, 1.54) is 29.5 Å². The summed E-state index contributed by atoms with van der Waals surface area (Å²) in [5, 5.41) is 10.9. The van der Waals surface area contributed by atoms with Crippen molar-refractivity contribution >= 4 is 22.6 Å². The minimum atomic E-state index is -4.52. The second kappa shape index (κ2) is 5.39. The molecule has 0 bridgehead atoms. The molecule has 1 heterocycles. The molecule has 2 N–H and O–H groups in total. The molecule has 0 radical (unpaired) electrons. The summed E-state index contributed by atoms with van der Waals surface area (Å²) in [6, 6.07) is 10.2. The third-order valence-corrected chi connectivity index (χ3v) is 3.56. The number of halogens is 3. The molecule has 0 spiro atoms. The van der Waals surface area contributed by atoms with Crippen LogP contribution >= 0.6 is 11.3 Å². The average molecular weight is 294 g/mol. The molecule has 2 aromatic rings. The molecule has 2 nitrogen and oxygen atoms in total. The normalized spacial score (nSPS) is 12.7. The first-order valence-electron chi connectivity index (χ1n) is 5.55. The molecule has 0 aliphatic heterocycles. The number of hydrogen-bond donors (Lipinski definition) is 1. The van der Waals surface area contributed by atoms with Crippen LogP contribution in [0.4, 0.5) is 13.2 Å². The third kappa shape index (κ3) is 2.68. The fourth-order valence-electron chi connectivity index (χ4n) is 1.77. The Morgan fingerprint density at radius 3 is 2.40 bits per heavy atom. The first-order valence-corrected chi connectivity index (χ1v) is 6.43. The molecule has 1 aromatic heterocycles. The number of nitrogens with two attached hydrogens (primary N) is 1. The molecule has 6 heteroatoms. The molecule has 0 aliphatic carbocycles. The number of allylic oxidation sites excluding steroid dienone is 1. The van der Waals surface area contributed by atoms with Crippen LogP contribution in [0.5, 0.6) is 0 Å². The first-order chi connectivity index (χ1) is 9.45. The van der Waals surface area contributed by atoms with Gasteiger partial charge in [0.15, 0.2) is 0 Å². The number of alkyl halides is 3. The Kier molecular flexibility index (Phi) is 3.81. The lowest BCUT2D eigenvalue weighted by Crippen LogP contribution is -2.12. The summed E-state index contributed by atoms with van der Waals surface area (Å²) in [7, 11) is 0. The Labute approximate surface area is 117 Å². The monoisotopic (exact) mass is 294 g/mol. The summed E-state index contributed by atoms with van der Waals surface area (Å²) in [5.74, 6) is 0. The lowest BCUT2D eigenvalue weighted by Gasteiger charge is -2.13. The molecule has 2 rings (SSSR count). The Bertz CT molecular complexity index is 679. The lowest BCUT2D eigenvalue weighted by atomic mass is 10.0. The van der Waals surface area contributed by atoms with Gasteiger partial charge < -0.3 is 5.73 Å². The predicted molar refractivity (Wildman–Crippen MR) is 72.4 cm³/mol. The number of benzene rings is 1. The van der Waals surface area contributed by atoms with E-state index in [9.17, 15) is 13.2 Å². The van der Waals surface area contributed by atoms with Crippen molar-refractivity contribution in [2.75, 3.05) is 0 Å². The number of nitriles is 1. The van der Waals surface area contributed by atoms with Crippen LogP contribution in [0.3, 0.4) is 0 Å². The van der Waals surface area contributed by atoms with Gasteiger partial charge in [-0.2, -0.15) is 18.4 Å². The van der Waals surface area contributed by atoms with E-state index in [4.69, 9.17) is 11.0 Å². The molecule has 1 aromatic carbocycles. The van der Waals surface area contributed by atoms with Gasteiger partial charge in [0.2, 0.25) is 0 Å². The van der Waals surface area contributed by atoms with Gasteiger partial charge >= 0.3 is 6.18 Å². The van der Waals surface area contributed by atoms with Crippen molar-refractivity contribution in [3.8, 4) is 6.07 Å². The van der Waals surface area contributed by atoms with Crippen LogP contribution in [0.15, 0.2) is 41.8 Å². The van der Waals surface area contributed by atoms with Crippen molar-refractivity contribution in [1.82, 2.24) is 0 Å². The average Bonchev–Trinajstić information content (AvgIpc) is 2.92. The first kappa shape index (κ1) is 14.2. The topological polar surface area (TPSA) is 49.8 Å². The Morgan fingerprint density at radius 2 is 1.85 bits per heavy atom. The van der Waals surface area contributed by atoms with Crippen LogP contribution in [-0.4, -0.2) is 0 Å². The van der Waals surface area contributed by atoms with Crippen LogP contribution in [0.25, 0.3) is 11.3 Å². The zero-order valence-electron chi connectivity index (χ0n) is 10.1. The van der Waals surface area contributed by atoms with Gasteiger partial charge in [-0.15, -0.1) is 11.3 Å². The fraction of sp³-hybridized carbons (Fsp3) is 0.0714. The molecule has 0 atom stereocenters. The van der Waals surface area contributed by atoms with Crippen molar-refractivity contribution < 1.29 is 13.2 Å². The Morgan fingerprint density at radius 1 is 1.15 bits per heavy atom. The number of thiophene rings is 1. The van der Waals surface area contributed by atoms with Gasteiger partial charge in [0.05, 0.1) is 16.8 Å². The van der Waals surface area contributed by atoms with E-state index in [-0.39, 0.29) is 16.8 Å². The van der Waals surface area contributed by atoms with Crippen LogP contribution in [0.2, 0.25) is 0 Å². The van der Waals surface area contributed by atoms with Gasteiger partial charge in [-0.05, 0) is 17.5 Å². The molecule has 0 unspecified atom stereocenters. The standard InChI is InChI=1S/C14H9F3N2S/c15-14(16,17)11-5-2-1-4-9(11)13(19)10(8-18)12-6-3-7-20-12/h1-7H,19H2/b13-10-. The second-order valence-corrected chi connectivity index (χ2v) is 4.87. The van der Waals surface area contributed by atoms with E-state index in [0.717, 1.165) is 6.07 Å². The van der Waals surface area contributed by atoms with E-state index in [0.29, 0.717) is 4.88 Å². The van der Waals surface area contributed by atoms with Crippen LogP contribution in [0.1, 0.15) is 16.0 Å². The molecule has 0 fully saturated rings. The van der Waals surface area contributed by atoms with Gasteiger partial charge in [0.1, 0.15) is 6.07 Å². The second-order valence-electron chi connectivity index (χ2n) is 3.92. The van der Waals surface area contributed by atoms with Crippen molar-refractivity contribution in [2.24, 2.45) is 5.73 Å². The van der Waals surface area contributed by atoms with Crippen LogP contribution in [0, 0.1) is 11.3 Å². The number of rotatable bonds is 2. The SMILES string of the molecule is N#C/C(=C(/N)c1ccccc1C(F)(F)F)c1cccs1. The summed E-state index contributed by atoms with van der Waals surface area (Å²) < 4.78 is 38.9. The zero-order chi connectivity index (χ0) is 14.8. The van der Waals surface area contributed by atoms with Crippen LogP contribution < -0.4 is 5.73 Å². The van der Waals surface area contributed by atoms with Crippen molar-refractivity contribution in [3.63, 3.8) is 0 Å². The van der Waals surface area contributed by atoms with Crippen molar-refractivity contribution in [2.45, 2.75) is 6.18 Å². The van der Waals surface area contributed by atoms with Crippen molar-refractivity contribution in [1.29, 1.82) is 5.26 Å². The smallest absolute Gasteiger partial charge is 0.397 e. The third-order valence-electron chi connectivity index (χ3n) is 2.67. The largest absolute Gasteiger partial charge is 0.417 e. The van der Waals surface area contributed by atoms with E-state index in [1.807, 2.05) is 6.07 Å². The van der Waals surface area contributed by atoms with E-state index in [2.05, 4.69) is 0 Å². The van der Waals surface area contributed by atoms with Gasteiger partial charge in [0, 0.05) is 10.4 Å². The highest BCUT2D eigenvalue weighted by Crippen LogP contribution is 2.36. The summed E-state index contributed by atoms with van der Waals surface area (Å²) >= 11 is 1.25. The summed E-state index contributed by atoms with van der Waals surface area (Å²) in [5.41, 5.74) is 4.67. The summed E-state index contributed by atoms with van der Waals surface area (Å²) in [6.07, 6.45) is -4.52. The van der Waals surface area contributed by atoms with E-state index < -0.39 is 11.7 Å². The highest BCUT2D eigenvalue weighted by Gasteiger charge is 2.34. The Balaban J connectivity index is 2.65. The van der Waals surface area contributed by atoms with E-state index in [1.54, 1.807) is 17.5 Å². The number of hydrogen-bond acceptors (Lipinski definition) is 3. The summed E-state index contributed by atoms with van der Waals surface area (Å²) in [4.78, 5) is 0.543. The lowest BCUT2D eigenvalue weighted by molar-refractivity contribution is -0.137. The molecule has 0 amide bonds. The maximum atomic E-state index is 13.0. The maximum Gasteiger partial charge on any atom is 0.417 e. The van der Waals surface area contributed by atoms with Gasteiger partial charge in [-0.3, -0.25) is 0 Å². The minimum Gasteiger partial charge on any atom is -0.397 e. The molecule has 0 saturated heterocycles. The van der Waals surface area contributed by atoms with Gasteiger partial charge in [0.25, 0.3) is 0 Å². The fourth-order valence-corrected chi connectivity index (χ4v) is 2.50. The summed E-state index contributed by atoms with van der Waals surface area (Å²) in [6.45, 7) is 0. The maximum absolute atomic E-state index is 13.0. The van der Waals surface area contributed by atoms with Gasteiger partial charge in [-0.1, -0.05) is 24.3 Å². The molecular formula is C14H9F3N2S. The molecule has 20 heavy (non-hydrogen) atoms.